The summed E-state index contributed by atoms with van der Waals surface area (Å²) in [5.41, 5.74) is 5.13. The molecule has 8 nitrogen and oxygen atoms in total. The van der Waals surface area contributed by atoms with Gasteiger partial charge in [0.25, 0.3) is 5.56 Å². The first-order valence-electron chi connectivity index (χ1n) is 13.1. The summed E-state index contributed by atoms with van der Waals surface area (Å²) in [5.74, 6) is 2.09. The molecular formula is C31H27N5O3S. The third-order valence-corrected chi connectivity index (χ3v) is 7.38. The molecule has 6 rings (SSSR count). The third kappa shape index (κ3) is 4.87. The van der Waals surface area contributed by atoms with Crippen LogP contribution in [0.25, 0.3) is 39.4 Å². The lowest BCUT2D eigenvalue weighted by Gasteiger charge is -2.08. The molecule has 0 bridgehead atoms. The molecule has 0 saturated carbocycles. The number of rotatable bonds is 8. The molecule has 0 amide bonds. The highest BCUT2D eigenvalue weighted by Crippen LogP contribution is 2.30. The summed E-state index contributed by atoms with van der Waals surface area (Å²) in [5, 5.41) is 9.43. The van der Waals surface area contributed by atoms with Crippen LogP contribution in [0.4, 0.5) is 0 Å². The third-order valence-electron chi connectivity index (χ3n) is 6.42. The predicted molar refractivity (Wildman–Crippen MR) is 157 cm³/mol. The van der Waals surface area contributed by atoms with Crippen LogP contribution < -0.4 is 19.6 Å². The number of ether oxygens (including phenoxy) is 2. The SMILES string of the molecule is CCOc1ccc(-c2nc3s/c(=C/c4cn(-c5ccccc5)nc4-c4ccc(OCC)cc4C)c(=O)n3n2)cc1. The first-order chi connectivity index (χ1) is 19.5. The van der Waals surface area contributed by atoms with Crippen LogP contribution in [0.15, 0.2) is 83.8 Å². The maximum atomic E-state index is 13.4. The zero-order valence-electron chi connectivity index (χ0n) is 22.4. The second-order valence-corrected chi connectivity index (χ2v) is 10.1. The molecule has 0 spiro atoms. The van der Waals surface area contributed by atoms with Crippen molar-refractivity contribution in [3.8, 4) is 39.8 Å². The summed E-state index contributed by atoms with van der Waals surface area (Å²) in [6.45, 7) is 7.14. The van der Waals surface area contributed by atoms with Crippen molar-refractivity contribution in [3.63, 3.8) is 0 Å². The van der Waals surface area contributed by atoms with Crippen LogP contribution in [0.5, 0.6) is 11.5 Å². The van der Waals surface area contributed by atoms with Crippen molar-refractivity contribution < 1.29 is 9.47 Å². The van der Waals surface area contributed by atoms with Gasteiger partial charge in [0.2, 0.25) is 4.96 Å². The quantitative estimate of drug-likeness (QED) is 0.255. The van der Waals surface area contributed by atoms with Gasteiger partial charge in [0.15, 0.2) is 5.82 Å². The first kappa shape index (κ1) is 25.5. The van der Waals surface area contributed by atoms with E-state index in [0.29, 0.717) is 28.5 Å². The Hall–Kier alpha value is -4.76. The maximum Gasteiger partial charge on any atom is 0.291 e. The minimum atomic E-state index is -0.216. The van der Waals surface area contributed by atoms with E-state index in [1.165, 1.54) is 15.9 Å². The summed E-state index contributed by atoms with van der Waals surface area (Å²) in [7, 11) is 0. The Bertz CT molecular complexity index is 1910. The molecule has 0 aliphatic heterocycles. The van der Waals surface area contributed by atoms with Crippen LogP contribution in [0.2, 0.25) is 0 Å². The second-order valence-electron chi connectivity index (χ2n) is 9.13. The van der Waals surface area contributed by atoms with Crippen LogP contribution in [-0.4, -0.2) is 37.6 Å². The molecule has 3 aromatic heterocycles. The summed E-state index contributed by atoms with van der Waals surface area (Å²) in [4.78, 5) is 18.6. The van der Waals surface area contributed by atoms with E-state index in [2.05, 4.69) is 10.1 Å². The molecular weight excluding hydrogens is 522 g/mol. The monoisotopic (exact) mass is 549 g/mol. The lowest BCUT2D eigenvalue weighted by Crippen LogP contribution is -2.23. The van der Waals surface area contributed by atoms with Crippen LogP contribution in [0.1, 0.15) is 25.0 Å². The van der Waals surface area contributed by atoms with Gasteiger partial charge in [-0.25, -0.2) is 4.68 Å². The predicted octanol–water partition coefficient (Wildman–Crippen LogP) is 5.32. The van der Waals surface area contributed by atoms with E-state index >= 15 is 0 Å². The van der Waals surface area contributed by atoms with Crippen LogP contribution >= 0.6 is 11.3 Å². The Balaban J connectivity index is 1.43. The number of nitrogens with zero attached hydrogens (tertiary/aromatic N) is 5. The topological polar surface area (TPSA) is 83.5 Å². The summed E-state index contributed by atoms with van der Waals surface area (Å²) >= 11 is 1.31. The van der Waals surface area contributed by atoms with E-state index in [9.17, 15) is 4.79 Å². The number of benzene rings is 3. The van der Waals surface area contributed by atoms with E-state index in [1.807, 2.05) is 111 Å². The molecule has 9 heteroatoms. The number of para-hydroxylation sites is 1. The molecule has 0 aliphatic carbocycles. The fourth-order valence-electron chi connectivity index (χ4n) is 4.54. The van der Waals surface area contributed by atoms with E-state index < -0.39 is 0 Å². The molecule has 0 saturated heterocycles. The number of thiazole rings is 1. The highest BCUT2D eigenvalue weighted by Gasteiger charge is 2.16. The zero-order valence-corrected chi connectivity index (χ0v) is 23.2. The number of aromatic nitrogens is 5. The van der Waals surface area contributed by atoms with Crippen LogP contribution in [0, 0.1) is 6.92 Å². The molecule has 200 valence electrons. The van der Waals surface area contributed by atoms with Gasteiger partial charge in [0, 0.05) is 22.9 Å². The van der Waals surface area contributed by atoms with E-state index in [-0.39, 0.29) is 5.56 Å². The van der Waals surface area contributed by atoms with Gasteiger partial charge >= 0.3 is 0 Å². The van der Waals surface area contributed by atoms with Crippen LogP contribution in [0.3, 0.4) is 0 Å². The Kier molecular flexibility index (Phi) is 6.88. The molecule has 3 heterocycles. The summed E-state index contributed by atoms with van der Waals surface area (Å²) < 4.78 is 14.9. The lowest BCUT2D eigenvalue weighted by atomic mass is 10.0. The van der Waals surface area contributed by atoms with Crippen molar-refractivity contribution in [1.29, 1.82) is 0 Å². The zero-order chi connectivity index (χ0) is 27.6. The minimum absolute atomic E-state index is 0.216. The van der Waals surface area contributed by atoms with Gasteiger partial charge in [-0.1, -0.05) is 29.5 Å². The number of hydrogen-bond acceptors (Lipinski definition) is 7. The first-order valence-corrected chi connectivity index (χ1v) is 13.9. The minimum Gasteiger partial charge on any atom is -0.494 e. The molecule has 0 fully saturated rings. The maximum absolute atomic E-state index is 13.4. The van der Waals surface area contributed by atoms with Crippen molar-refractivity contribution >= 4 is 22.4 Å². The smallest absolute Gasteiger partial charge is 0.291 e. The molecule has 3 aromatic carbocycles. The van der Waals surface area contributed by atoms with Crippen molar-refractivity contribution in [3.05, 3.63) is 105 Å². The summed E-state index contributed by atoms with van der Waals surface area (Å²) in [6, 6.07) is 23.4. The van der Waals surface area contributed by atoms with Crippen molar-refractivity contribution in [2.75, 3.05) is 13.2 Å². The largest absolute Gasteiger partial charge is 0.494 e. The lowest BCUT2D eigenvalue weighted by molar-refractivity contribution is 0.340. The summed E-state index contributed by atoms with van der Waals surface area (Å²) in [6.07, 6.45) is 3.82. The molecule has 0 atom stereocenters. The average molecular weight is 550 g/mol. The normalized spacial score (nSPS) is 11.8. The molecule has 40 heavy (non-hydrogen) atoms. The number of hydrogen-bond donors (Lipinski definition) is 0. The fourth-order valence-corrected chi connectivity index (χ4v) is 5.44. The fraction of sp³-hybridized carbons (Fsp3) is 0.161. The van der Waals surface area contributed by atoms with Gasteiger partial charge in [-0.15, -0.1) is 5.10 Å². The molecule has 0 aliphatic rings. The van der Waals surface area contributed by atoms with Gasteiger partial charge in [-0.2, -0.15) is 14.6 Å². The molecule has 6 aromatic rings. The van der Waals surface area contributed by atoms with Crippen LogP contribution in [-0.2, 0) is 0 Å². The average Bonchev–Trinajstić information content (AvgIpc) is 3.65. The van der Waals surface area contributed by atoms with Crippen molar-refractivity contribution in [2.45, 2.75) is 20.8 Å². The molecule has 0 radical (unpaired) electrons. The van der Waals surface area contributed by atoms with E-state index in [4.69, 9.17) is 14.6 Å². The molecule has 0 unspecified atom stereocenters. The Morgan fingerprint density at radius 1 is 0.900 bits per heavy atom. The Labute approximate surface area is 234 Å². The Morgan fingerprint density at radius 3 is 2.33 bits per heavy atom. The van der Waals surface area contributed by atoms with Crippen molar-refractivity contribution in [1.82, 2.24) is 24.4 Å². The number of fused-ring (bicyclic) bond motifs is 1. The van der Waals surface area contributed by atoms with E-state index in [1.54, 1.807) is 0 Å². The van der Waals surface area contributed by atoms with E-state index in [0.717, 1.165) is 45.1 Å². The second kappa shape index (κ2) is 10.8. The van der Waals surface area contributed by atoms with Gasteiger partial charge in [0.05, 0.1) is 23.4 Å². The van der Waals surface area contributed by atoms with Gasteiger partial charge in [-0.05, 0) is 87.0 Å². The highest BCUT2D eigenvalue weighted by atomic mass is 32.1. The van der Waals surface area contributed by atoms with Gasteiger partial charge < -0.3 is 9.47 Å². The van der Waals surface area contributed by atoms with Gasteiger partial charge in [-0.3, -0.25) is 4.79 Å². The highest BCUT2D eigenvalue weighted by molar-refractivity contribution is 7.15. The number of aryl methyl sites for hydroxylation is 1. The van der Waals surface area contributed by atoms with Crippen molar-refractivity contribution in [2.24, 2.45) is 0 Å². The standard InChI is InChI=1S/C31H27N5O3S/c1-4-38-24-13-11-21(12-14-24)29-32-31-36(34-29)30(37)27(40-31)18-22-19-35(23-9-7-6-8-10-23)33-28(22)26-16-15-25(39-5-2)17-20(26)3/h6-19H,4-5H2,1-3H3/b27-18+. The molecule has 0 N–H and O–H groups in total. The van der Waals surface area contributed by atoms with Gasteiger partial charge in [0.1, 0.15) is 17.2 Å². The Morgan fingerprint density at radius 2 is 1.62 bits per heavy atom.